The number of thiophene rings is 1. The number of sulfonamides is 1. The molecule has 8 heteroatoms. The van der Waals surface area contributed by atoms with E-state index in [0.29, 0.717) is 16.3 Å². The van der Waals surface area contributed by atoms with Gasteiger partial charge in [0.2, 0.25) is 10.0 Å². The number of nitrogens with one attached hydrogen (secondary N) is 1. The molecule has 2 aromatic rings. The lowest BCUT2D eigenvalue weighted by molar-refractivity contribution is 0.323. The van der Waals surface area contributed by atoms with Crippen LogP contribution in [0.25, 0.3) is 0 Å². The molecule has 0 atom stereocenters. The van der Waals surface area contributed by atoms with Crippen molar-refractivity contribution in [2.75, 3.05) is 18.9 Å². The SMILES string of the molecule is Cc1sc(Br)cc1S(=O)(=O)NCCOc1cccc(N)c1. The molecule has 1 heterocycles. The molecule has 0 radical (unpaired) electrons. The Balaban J connectivity index is 1.89. The van der Waals surface area contributed by atoms with E-state index < -0.39 is 10.0 Å². The van der Waals surface area contributed by atoms with Crippen LogP contribution in [0.1, 0.15) is 4.88 Å². The number of anilines is 1. The van der Waals surface area contributed by atoms with E-state index in [-0.39, 0.29) is 13.2 Å². The van der Waals surface area contributed by atoms with Crippen LogP contribution in [-0.2, 0) is 10.0 Å². The molecular weight excluding hydrogens is 376 g/mol. The van der Waals surface area contributed by atoms with Gasteiger partial charge in [0, 0.05) is 23.2 Å². The van der Waals surface area contributed by atoms with Crippen LogP contribution in [0, 0.1) is 6.92 Å². The van der Waals surface area contributed by atoms with Gasteiger partial charge in [-0.3, -0.25) is 0 Å². The van der Waals surface area contributed by atoms with Gasteiger partial charge in [-0.05, 0) is 41.1 Å². The molecule has 0 aliphatic heterocycles. The highest BCUT2D eigenvalue weighted by molar-refractivity contribution is 9.11. The van der Waals surface area contributed by atoms with Gasteiger partial charge in [-0.2, -0.15) is 0 Å². The molecule has 0 fully saturated rings. The van der Waals surface area contributed by atoms with Gasteiger partial charge < -0.3 is 10.5 Å². The van der Waals surface area contributed by atoms with Crippen molar-refractivity contribution in [3.05, 3.63) is 39.0 Å². The summed E-state index contributed by atoms with van der Waals surface area (Å²) in [7, 11) is -3.51. The maximum Gasteiger partial charge on any atom is 0.241 e. The van der Waals surface area contributed by atoms with Crippen molar-refractivity contribution in [2.24, 2.45) is 0 Å². The highest BCUT2D eigenvalue weighted by Gasteiger charge is 2.18. The van der Waals surface area contributed by atoms with E-state index in [1.807, 2.05) is 0 Å². The zero-order chi connectivity index (χ0) is 15.5. The largest absolute Gasteiger partial charge is 0.492 e. The first kappa shape index (κ1) is 16.3. The molecule has 21 heavy (non-hydrogen) atoms. The number of hydrogen-bond acceptors (Lipinski definition) is 5. The molecule has 1 aromatic carbocycles. The normalized spacial score (nSPS) is 11.5. The van der Waals surface area contributed by atoms with Gasteiger partial charge in [-0.15, -0.1) is 11.3 Å². The van der Waals surface area contributed by atoms with Crippen LogP contribution in [-0.4, -0.2) is 21.6 Å². The molecule has 5 nitrogen and oxygen atoms in total. The maximum atomic E-state index is 12.1. The number of rotatable bonds is 6. The van der Waals surface area contributed by atoms with Crippen molar-refractivity contribution in [1.82, 2.24) is 4.72 Å². The second-order valence-electron chi connectivity index (χ2n) is 4.29. The molecule has 2 rings (SSSR count). The monoisotopic (exact) mass is 390 g/mol. The summed E-state index contributed by atoms with van der Waals surface area (Å²) in [6.07, 6.45) is 0. The third-order valence-corrected chi connectivity index (χ3v) is 5.92. The Hall–Kier alpha value is -1.09. The van der Waals surface area contributed by atoms with Crippen molar-refractivity contribution in [3.63, 3.8) is 0 Å². The van der Waals surface area contributed by atoms with Crippen molar-refractivity contribution in [3.8, 4) is 5.75 Å². The molecule has 0 spiro atoms. The predicted octanol–water partition coefficient (Wildman–Crippen LogP) is 2.76. The first-order valence-corrected chi connectivity index (χ1v) is 9.22. The quantitative estimate of drug-likeness (QED) is 0.586. The summed E-state index contributed by atoms with van der Waals surface area (Å²) in [5.74, 6) is 0.614. The van der Waals surface area contributed by atoms with E-state index in [0.717, 1.165) is 8.66 Å². The number of benzene rings is 1. The van der Waals surface area contributed by atoms with E-state index >= 15 is 0 Å². The predicted molar refractivity (Wildman–Crippen MR) is 88.3 cm³/mol. The zero-order valence-electron chi connectivity index (χ0n) is 11.3. The second kappa shape index (κ2) is 6.78. The fourth-order valence-corrected chi connectivity index (χ4v) is 5.15. The minimum atomic E-state index is -3.51. The number of halogens is 1. The summed E-state index contributed by atoms with van der Waals surface area (Å²) in [5.41, 5.74) is 6.24. The standard InChI is InChI=1S/C13H15BrN2O3S2/c1-9-12(8-13(14)20-9)21(17,18)16-5-6-19-11-4-2-3-10(15)7-11/h2-4,7-8,16H,5-6,15H2,1H3. The van der Waals surface area contributed by atoms with Crippen LogP contribution in [0.4, 0.5) is 5.69 Å². The van der Waals surface area contributed by atoms with Gasteiger partial charge in [0.1, 0.15) is 12.4 Å². The number of ether oxygens (including phenoxy) is 1. The molecule has 0 aliphatic rings. The fourth-order valence-electron chi connectivity index (χ4n) is 1.72. The summed E-state index contributed by atoms with van der Waals surface area (Å²) in [5, 5.41) is 0. The van der Waals surface area contributed by atoms with Crippen LogP contribution in [0.15, 0.2) is 39.0 Å². The highest BCUT2D eigenvalue weighted by Crippen LogP contribution is 2.29. The molecule has 114 valence electrons. The van der Waals surface area contributed by atoms with Gasteiger partial charge >= 0.3 is 0 Å². The molecule has 0 amide bonds. The maximum absolute atomic E-state index is 12.1. The highest BCUT2D eigenvalue weighted by atomic mass is 79.9. The average Bonchev–Trinajstić information content (AvgIpc) is 2.75. The lowest BCUT2D eigenvalue weighted by atomic mass is 10.3. The third kappa shape index (κ3) is 4.44. The third-order valence-electron chi connectivity index (χ3n) is 2.65. The van der Waals surface area contributed by atoms with E-state index in [9.17, 15) is 8.42 Å². The average molecular weight is 391 g/mol. The summed E-state index contributed by atoms with van der Waals surface area (Å²) in [6, 6.07) is 8.59. The fraction of sp³-hybridized carbons (Fsp3) is 0.231. The first-order chi connectivity index (χ1) is 9.88. The molecule has 0 bridgehead atoms. The lowest BCUT2D eigenvalue weighted by Gasteiger charge is -2.08. The first-order valence-electron chi connectivity index (χ1n) is 6.12. The van der Waals surface area contributed by atoms with Crippen molar-refractivity contribution < 1.29 is 13.2 Å². The van der Waals surface area contributed by atoms with E-state index in [1.165, 1.54) is 11.3 Å². The smallest absolute Gasteiger partial charge is 0.241 e. The van der Waals surface area contributed by atoms with Crippen LogP contribution >= 0.6 is 27.3 Å². The Morgan fingerprint density at radius 3 is 2.76 bits per heavy atom. The Kier molecular flexibility index (Phi) is 5.26. The zero-order valence-corrected chi connectivity index (χ0v) is 14.5. The van der Waals surface area contributed by atoms with Crippen LogP contribution in [0.2, 0.25) is 0 Å². The molecule has 3 N–H and O–H groups in total. The second-order valence-corrected chi connectivity index (χ2v) is 8.66. The summed E-state index contributed by atoms with van der Waals surface area (Å²) < 4.78 is 33.0. The number of hydrogen-bond donors (Lipinski definition) is 2. The molecule has 0 saturated carbocycles. The molecule has 0 saturated heterocycles. The van der Waals surface area contributed by atoms with Crippen molar-refractivity contribution >= 4 is 43.0 Å². The van der Waals surface area contributed by atoms with E-state index in [1.54, 1.807) is 37.3 Å². The van der Waals surface area contributed by atoms with Crippen LogP contribution in [0.5, 0.6) is 5.75 Å². The molecule has 1 aromatic heterocycles. The minimum Gasteiger partial charge on any atom is -0.492 e. The van der Waals surface area contributed by atoms with Crippen LogP contribution in [0.3, 0.4) is 0 Å². The summed E-state index contributed by atoms with van der Waals surface area (Å²) >= 11 is 4.67. The number of nitrogen functional groups attached to an aromatic ring is 1. The Morgan fingerprint density at radius 2 is 2.14 bits per heavy atom. The van der Waals surface area contributed by atoms with Crippen molar-refractivity contribution in [1.29, 1.82) is 0 Å². The van der Waals surface area contributed by atoms with Gasteiger partial charge in [-0.1, -0.05) is 6.07 Å². The van der Waals surface area contributed by atoms with Gasteiger partial charge in [0.15, 0.2) is 0 Å². The summed E-state index contributed by atoms with van der Waals surface area (Å²) in [4.78, 5) is 1.04. The van der Waals surface area contributed by atoms with Gasteiger partial charge in [0.25, 0.3) is 0 Å². The number of aryl methyl sites for hydroxylation is 1. The lowest BCUT2D eigenvalue weighted by Crippen LogP contribution is -2.28. The van der Waals surface area contributed by atoms with Crippen LogP contribution < -0.4 is 15.2 Å². The Morgan fingerprint density at radius 1 is 1.38 bits per heavy atom. The van der Waals surface area contributed by atoms with E-state index in [4.69, 9.17) is 10.5 Å². The molecule has 0 aliphatic carbocycles. The molecular formula is C13H15BrN2O3S2. The van der Waals surface area contributed by atoms with Gasteiger partial charge in [0.05, 0.1) is 8.68 Å². The minimum absolute atomic E-state index is 0.185. The van der Waals surface area contributed by atoms with E-state index in [2.05, 4.69) is 20.7 Å². The molecule has 0 unspecified atom stereocenters. The topological polar surface area (TPSA) is 81.4 Å². The summed E-state index contributed by atoms with van der Waals surface area (Å²) in [6.45, 7) is 2.18. The van der Waals surface area contributed by atoms with Crippen molar-refractivity contribution in [2.45, 2.75) is 11.8 Å². The Labute approximate surface area is 136 Å². The number of nitrogens with two attached hydrogens (primary N) is 1. The van der Waals surface area contributed by atoms with Gasteiger partial charge in [-0.25, -0.2) is 13.1 Å². The Bertz CT molecular complexity index is 729.